The number of hydrogen-bond acceptors (Lipinski definition) is 6. The second-order valence-corrected chi connectivity index (χ2v) is 2.10. The highest BCUT2D eigenvalue weighted by atomic mass is 16.5. The normalized spacial score (nSPS) is 26.9. The molecule has 0 radical (unpaired) electrons. The van der Waals surface area contributed by atoms with Gasteiger partial charge in [-0.25, -0.2) is 5.12 Å². The molecule has 0 aromatic heterocycles. The van der Waals surface area contributed by atoms with Gasteiger partial charge in [-0.05, 0) is 0 Å². The lowest BCUT2D eigenvalue weighted by atomic mass is 10.5. The lowest BCUT2D eigenvalue weighted by molar-refractivity contribution is -0.120. The molecule has 1 atom stereocenters. The monoisotopic (exact) mass is 146 g/mol. The predicted octanol–water partition coefficient (Wildman–Crippen LogP) is -1.22. The van der Waals surface area contributed by atoms with Crippen molar-refractivity contribution in [2.75, 3.05) is 14.1 Å². The van der Waals surface area contributed by atoms with Crippen molar-refractivity contribution in [2.24, 2.45) is 10.3 Å². The average Bonchev–Trinajstić information content (AvgIpc) is 2.14. The van der Waals surface area contributed by atoms with Crippen LogP contribution in [0.5, 0.6) is 0 Å². The molecule has 1 unspecified atom stereocenters. The molecule has 10 heavy (non-hydrogen) atoms. The zero-order valence-corrected chi connectivity index (χ0v) is 5.84. The minimum absolute atomic E-state index is 0.662. The third kappa shape index (κ3) is 1.08. The van der Waals surface area contributed by atoms with Crippen LogP contribution in [0.4, 0.5) is 0 Å². The second kappa shape index (κ2) is 2.49. The predicted molar refractivity (Wildman–Crippen MR) is 32.4 cm³/mol. The van der Waals surface area contributed by atoms with E-state index in [1.165, 1.54) is 10.1 Å². The summed E-state index contributed by atoms with van der Waals surface area (Å²) in [6.45, 7) is 0. The van der Waals surface area contributed by atoms with Gasteiger partial charge in [0.1, 0.15) is 0 Å². The van der Waals surface area contributed by atoms with Crippen molar-refractivity contribution in [3.8, 4) is 0 Å². The van der Waals surface area contributed by atoms with E-state index in [4.69, 9.17) is 10.2 Å². The molecule has 0 amide bonds. The van der Waals surface area contributed by atoms with Crippen molar-refractivity contribution in [1.82, 2.24) is 10.1 Å². The Bertz CT molecular complexity index is 148. The molecular weight excluding hydrogens is 136 g/mol. The van der Waals surface area contributed by atoms with Crippen LogP contribution in [0, 0.1) is 0 Å². The van der Waals surface area contributed by atoms with Gasteiger partial charge in [0.2, 0.25) is 0 Å². The van der Waals surface area contributed by atoms with Gasteiger partial charge in [-0.3, -0.25) is 0 Å². The van der Waals surface area contributed by atoms with Crippen LogP contribution in [0.15, 0.2) is 10.3 Å². The van der Waals surface area contributed by atoms with E-state index in [0.717, 1.165) is 0 Å². The first-order valence-electron chi connectivity index (χ1n) is 2.86. The molecule has 0 aromatic carbocycles. The average molecular weight is 146 g/mol. The van der Waals surface area contributed by atoms with E-state index in [9.17, 15) is 0 Å². The molecule has 2 N–H and O–H groups in total. The Morgan fingerprint density at radius 3 is 2.20 bits per heavy atom. The minimum atomic E-state index is -1.47. The van der Waals surface area contributed by atoms with Gasteiger partial charge < -0.3 is 10.2 Å². The van der Waals surface area contributed by atoms with Crippen LogP contribution in [0.3, 0.4) is 0 Å². The number of rotatable bonds is 1. The quantitative estimate of drug-likeness (QED) is 0.455. The maximum Gasteiger partial charge on any atom is 0.193 e. The second-order valence-electron chi connectivity index (χ2n) is 2.10. The highest BCUT2D eigenvalue weighted by molar-refractivity contribution is 4.65. The number of hydrogen-bond donors (Lipinski definition) is 2. The summed E-state index contributed by atoms with van der Waals surface area (Å²) in [7, 11) is 3.34. The molecule has 6 heteroatoms. The largest absolute Gasteiger partial charge is 0.365 e. The first-order valence-corrected chi connectivity index (χ1v) is 2.86. The summed E-state index contributed by atoms with van der Waals surface area (Å²) >= 11 is 0. The van der Waals surface area contributed by atoms with Crippen LogP contribution in [0.1, 0.15) is 0 Å². The third-order valence-electron chi connectivity index (χ3n) is 1.41. The fourth-order valence-electron chi connectivity index (χ4n) is 0.689. The van der Waals surface area contributed by atoms with Crippen LogP contribution < -0.4 is 0 Å². The third-order valence-corrected chi connectivity index (χ3v) is 1.41. The number of nitrogens with zero attached hydrogens (tertiary/aromatic N) is 4. The standard InChI is InChI=1S/C4H10N4O2/c1-7-3(4(9)10)5-6-8(7)2/h3-4,9-10H,1-2H3. The SMILES string of the molecule is CN1N=NC(C(O)O)N1C. The van der Waals surface area contributed by atoms with E-state index < -0.39 is 12.5 Å². The summed E-state index contributed by atoms with van der Waals surface area (Å²) in [6, 6.07) is 0. The maximum atomic E-state index is 8.67. The van der Waals surface area contributed by atoms with Crippen molar-refractivity contribution < 1.29 is 10.2 Å². The number of hydrazine groups is 1. The van der Waals surface area contributed by atoms with Gasteiger partial charge in [0.25, 0.3) is 0 Å². The Labute approximate surface area is 58.3 Å². The van der Waals surface area contributed by atoms with Crippen molar-refractivity contribution in [3.05, 3.63) is 0 Å². The first-order chi connectivity index (χ1) is 4.63. The summed E-state index contributed by atoms with van der Waals surface area (Å²) < 4.78 is 0. The zero-order valence-electron chi connectivity index (χ0n) is 5.84. The number of aliphatic hydroxyl groups excluding tert-OH is 1. The van der Waals surface area contributed by atoms with Crippen LogP contribution >= 0.6 is 0 Å². The molecule has 1 aliphatic heterocycles. The molecule has 0 saturated carbocycles. The summed E-state index contributed by atoms with van der Waals surface area (Å²) in [6.07, 6.45) is -2.14. The zero-order chi connectivity index (χ0) is 7.72. The van der Waals surface area contributed by atoms with Crippen LogP contribution in [-0.4, -0.2) is 46.9 Å². The molecule has 0 spiro atoms. The minimum Gasteiger partial charge on any atom is -0.365 e. The Morgan fingerprint density at radius 1 is 1.40 bits per heavy atom. The lowest BCUT2D eigenvalue weighted by Gasteiger charge is -2.22. The van der Waals surface area contributed by atoms with Crippen molar-refractivity contribution in [3.63, 3.8) is 0 Å². The van der Waals surface area contributed by atoms with E-state index in [0.29, 0.717) is 0 Å². The molecule has 1 aliphatic rings. The molecule has 0 aromatic rings. The van der Waals surface area contributed by atoms with Crippen LogP contribution in [-0.2, 0) is 0 Å². The van der Waals surface area contributed by atoms with E-state index >= 15 is 0 Å². The van der Waals surface area contributed by atoms with Crippen molar-refractivity contribution in [2.45, 2.75) is 12.5 Å². The molecule has 0 aliphatic carbocycles. The van der Waals surface area contributed by atoms with Gasteiger partial charge in [0.15, 0.2) is 12.5 Å². The van der Waals surface area contributed by atoms with Crippen molar-refractivity contribution in [1.29, 1.82) is 0 Å². The summed E-state index contributed by atoms with van der Waals surface area (Å²) in [4.78, 5) is 0. The van der Waals surface area contributed by atoms with Gasteiger partial charge in [0, 0.05) is 14.1 Å². The Balaban J connectivity index is 2.58. The number of likely N-dealkylation sites (N-methyl/N-ethyl adjacent to an activating group) is 1. The van der Waals surface area contributed by atoms with Gasteiger partial charge >= 0.3 is 0 Å². The van der Waals surface area contributed by atoms with E-state index in [1.807, 2.05) is 0 Å². The summed E-state index contributed by atoms with van der Waals surface area (Å²) in [5, 5.41) is 27.5. The topological polar surface area (TPSA) is 71.7 Å². The smallest absolute Gasteiger partial charge is 0.193 e. The van der Waals surface area contributed by atoms with Crippen LogP contribution in [0.2, 0.25) is 0 Å². The molecule has 58 valence electrons. The fraction of sp³-hybridized carbons (Fsp3) is 1.00. The Hall–Kier alpha value is -0.720. The molecule has 1 heterocycles. The summed E-state index contributed by atoms with van der Waals surface area (Å²) in [5.74, 6) is 0. The maximum absolute atomic E-state index is 8.67. The molecule has 6 nitrogen and oxygen atoms in total. The Kier molecular flexibility index (Phi) is 1.84. The molecule has 0 bridgehead atoms. The Morgan fingerprint density at radius 2 is 2.00 bits per heavy atom. The van der Waals surface area contributed by atoms with Gasteiger partial charge in [-0.2, -0.15) is 5.01 Å². The molecule has 1 rings (SSSR count). The first kappa shape index (κ1) is 7.39. The van der Waals surface area contributed by atoms with Gasteiger partial charge in [-0.15, -0.1) is 5.11 Å². The molecular formula is C4H10N4O2. The van der Waals surface area contributed by atoms with Gasteiger partial charge in [-0.1, -0.05) is 5.22 Å². The van der Waals surface area contributed by atoms with E-state index in [-0.39, 0.29) is 0 Å². The highest BCUT2D eigenvalue weighted by Crippen LogP contribution is 2.12. The van der Waals surface area contributed by atoms with E-state index in [1.54, 1.807) is 14.1 Å². The van der Waals surface area contributed by atoms with E-state index in [2.05, 4.69) is 10.3 Å². The molecule has 0 fully saturated rings. The number of aliphatic hydroxyl groups is 2. The van der Waals surface area contributed by atoms with Crippen LogP contribution in [0.25, 0.3) is 0 Å². The fourth-order valence-corrected chi connectivity index (χ4v) is 0.689. The van der Waals surface area contributed by atoms with Crippen molar-refractivity contribution >= 4 is 0 Å². The highest BCUT2D eigenvalue weighted by Gasteiger charge is 2.28. The van der Waals surface area contributed by atoms with Gasteiger partial charge in [0.05, 0.1) is 0 Å². The lowest BCUT2D eigenvalue weighted by Crippen LogP contribution is -2.41. The summed E-state index contributed by atoms with van der Waals surface area (Å²) in [5.41, 5.74) is 0. The molecule has 0 saturated heterocycles.